The second-order valence-corrected chi connectivity index (χ2v) is 8.77. The molecule has 0 radical (unpaired) electrons. The van der Waals surface area contributed by atoms with E-state index >= 15 is 0 Å². The van der Waals surface area contributed by atoms with Crippen LogP contribution in [0.2, 0.25) is 0 Å². The van der Waals surface area contributed by atoms with Crippen molar-refractivity contribution in [3.05, 3.63) is 53.0 Å². The molecule has 9 heteroatoms. The first-order chi connectivity index (χ1) is 12.9. The van der Waals surface area contributed by atoms with Gasteiger partial charge in [-0.15, -0.1) is 0 Å². The summed E-state index contributed by atoms with van der Waals surface area (Å²) >= 11 is 3.39. The summed E-state index contributed by atoms with van der Waals surface area (Å²) in [6, 6.07) is 13.4. The fraction of sp³-hybridized carbons (Fsp3) is 0.278. The van der Waals surface area contributed by atoms with Crippen molar-refractivity contribution in [2.24, 2.45) is 0 Å². The van der Waals surface area contributed by atoms with E-state index < -0.39 is 10.0 Å². The third kappa shape index (κ3) is 4.42. The number of nitrogens with zero attached hydrogens (tertiary/aromatic N) is 2. The Morgan fingerprint density at radius 1 is 1.04 bits per heavy atom. The summed E-state index contributed by atoms with van der Waals surface area (Å²) in [5.41, 5.74) is 0.677. The summed E-state index contributed by atoms with van der Waals surface area (Å²) in [6.07, 6.45) is 0. The molecule has 0 aliphatic carbocycles. The number of sulfonamides is 1. The molecule has 0 unspecified atom stereocenters. The Bertz CT molecular complexity index is 910. The number of nitrogens with one attached hydrogen (secondary N) is 1. The fourth-order valence-electron chi connectivity index (χ4n) is 2.79. The second kappa shape index (κ2) is 8.28. The van der Waals surface area contributed by atoms with E-state index in [-0.39, 0.29) is 24.0 Å². The molecule has 0 spiro atoms. The number of halogens is 1. The van der Waals surface area contributed by atoms with Gasteiger partial charge in [-0.25, -0.2) is 13.2 Å². The highest BCUT2D eigenvalue weighted by molar-refractivity contribution is 9.10. The van der Waals surface area contributed by atoms with Crippen molar-refractivity contribution in [2.75, 3.05) is 38.6 Å². The lowest BCUT2D eigenvalue weighted by Crippen LogP contribution is -2.51. The molecule has 1 N–H and O–H groups in total. The highest BCUT2D eigenvalue weighted by Crippen LogP contribution is 2.23. The molecule has 2 amide bonds. The predicted octanol–water partition coefficient (Wildman–Crippen LogP) is 3.00. The summed E-state index contributed by atoms with van der Waals surface area (Å²) in [6.45, 7) is 1.15. The van der Waals surface area contributed by atoms with Crippen LogP contribution >= 0.6 is 15.9 Å². The number of amides is 2. The molecular weight excluding hydrogens is 434 g/mol. The number of carbonyl (C=O) groups is 1. The van der Waals surface area contributed by atoms with Crippen molar-refractivity contribution < 1.29 is 17.9 Å². The minimum absolute atomic E-state index is 0.217. The van der Waals surface area contributed by atoms with Gasteiger partial charge in [-0.05, 0) is 52.3 Å². The van der Waals surface area contributed by atoms with Gasteiger partial charge in [0.25, 0.3) is 0 Å². The number of ether oxygens (including phenoxy) is 1. The van der Waals surface area contributed by atoms with Gasteiger partial charge in [0, 0.05) is 30.7 Å². The van der Waals surface area contributed by atoms with Crippen LogP contribution < -0.4 is 10.1 Å². The van der Waals surface area contributed by atoms with Crippen molar-refractivity contribution in [3.8, 4) is 5.75 Å². The van der Waals surface area contributed by atoms with Crippen LogP contribution in [0.25, 0.3) is 0 Å². The first-order valence-electron chi connectivity index (χ1n) is 8.36. The number of anilines is 1. The molecule has 2 aromatic rings. The molecule has 0 atom stereocenters. The molecule has 1 saturated heterocycles. The standard InChI is InChI=1S/C18H20BrN3O4S/c1-26-14-6-8-15(9-7-14)27(24,25)22-12-10-21(11-13-22)18(23)20-17-5-3-2-4-16(17)19/h2-9H,10-13H2,1H3,(H,20,23). The van der Waals surface area contributed by atoms with Crippen LogP contribution in [-0.2, 0) is 10.0 Å². The normalized spacial score (nSPS) is 15.4. The Hall–Kier alpha value is -2.10. The van der Waals surface area contributed by atoms with Gasteiger partial charge in [0.1, 0.15) is 5.75 Å². The zero-order valence-corrected chi connectivity index (χ0v) is 17.2. The zero-order valence-electron chi connectivity index (χ0n) is 14.8. The van der Waals surface area contributed by atoms with Gasteiger partial charge in [-0.2, -0.15) is 4.31 Å². The molecule has 0 aromatic heterocycles. The van der Waals surface area contributed by atoms with Crippen LogP contribution in [0.15, 0.2) is 57.9 Å². The number of hydrogen-bond donors (Lipinski definition) is 1. The van der Waals surface area contributed by atoms with Gasteiger partial charge in [-0.3, -0.25) is 0 Å². The SMILES string of the molecule is COc1ccc(S(=O)(=O)N2CCN(C(=O)Nc3ccccc3Br)CC2)cc1. The largest absolute Gasteiger partial charge is 0.497 e. The molecule has 1 aliphatic rings. The second-order valence-electron chi connectivity index (χ2n) is 5.98. The third-order valence-corrected chi connectivity index (χ3v) is 6.94. The van der Waals surface area contributed by atoms with Crippen LogP contribution in [0.5, 0.6) is 5.75 Å². The van der Waals surface area contributed by atoms with Gasteiger partial charge >= 0.3 is 6.03 Å². The first kappa shape index (κ1) is 19.7. The topological polar surface area (TPSA) is 79.0 Å². The van der Waals surface area contributed by atoms with Crippen molar-refractivity contribution in [3.63, 3.8) is 0 Å². The van der Waals surface area contributed by atoms with E-state index in [1.165, 1.54) is 23.5 Å². The highest BCUT2D eigenvalue weighted by atomic mass is 79.9. The Morgan fingerprint density at radius 3 is 2.26 bits per heavy atom. The smallest absolute Gasteiger partial charge is 0.321 e. The van der Waals surface area contributed by atoms with Gasteiger partial charge in [0.05, 0.1) is 17.7 Å². The number of urea groups is 1. The monoisotopic (exact) mass is 453 g/mol. The number of methoxy groups -OCH3 is 1. The number of piperazine rings is 1. The average molecular weight is 454 g/mol. The van der Waals surface area contributed by atoms with E-state index in [1.807, 2.05) is 18.2 Å². The van der Waals surface area contributed by atoms with Gasteiger partial charge in [-0.1, -0.05) is 12.1 Å². The average Bonchev–Trinajstić information content (AvgIpc) is 2.70. The maximum absolute atomic E-state index is 12.8. The first-order valence-corrected chi connectivity index (χ1v) is 10.6. The Labute approximate surface area is 167 Å². The number of para-hydroxylation sites is 1. The lowest BCUT2D eigenvalue weighted by atomic mass is 10.3. The molecule has 7 nitrogen and oxygen atoms in total. The van der Waals surface area contributed by atoms with E-state index in [4.69, 9.17) is 4.74 Å². The molecular formula is C18H20BrN3O4S. The van der Waals surface area contributed by atoms with E-state index in [1.54, 1.807) is 23.1 Å². The summed E-state index contributed by atoms with van der Waals surface area (Å²) in [5.74, 6) is 0.600. The number of carbonyl (C=O) groups excluding carboxylic acids is 1. The molecule has 3 rings (SSSR count). The van der Waals surface area contributed by atoms with Crippen molar-refractivity contribution in [1.29, 1.82) is 0 Å². The van der Waals surface area contributed by atoms with E-state index in [2.05, 4.69) is 21.2 Å². The van der Waals surface area contributed by atoms with E-state index in [9.17, 15) is 13.2 Å². The molecule has 1 heterocycles. The molecule has 0 bridgehead atoms. The summed E-state index contributed by atoms with van der Waals surface area (Å²) in [5, 5.41) is 2.84. The van der Waals surface area contributed by atoms with Crippen LogP contribution in [0, 0.1) is 0 Å². The Morgan fingerprint density at radius 2 is 1.67 bits per heavy atom. The van der Waals surface area contributed by atoms with Gasteiger partial charge in [0.15, 0.2) is 0 Å². The summed E-state index contributed by atoms with van der Waals surface area (Å²) in [7, 11) is -2.06. The highest BCUT2D eigenvalue weighted by Gasteiger charge is 2.30. The number of benzene rings is 2. The maximum atomic E-state index is 12.8. The fourth-order valence-corrected chi connectivity index (χ4v) is 4.59. The minimum atomic E-state index is -3.59. The van der Waals surface area contributed by atoms with Gasteiger partial charge in [0.2, 0.25) is 10.0 Å². The lowest BCUT2D eigenvalue weighted by molar-refractivity contribution is 0.184. The van der Waals surface area contributed by atoms with Crippen LogP contribution in [0.4, 0.5) is 10.5 Å². The predicted molar refractivity (Wildman–Crippen MR) is 106 cm³/mol. The summed E-state index contributed by atoms with van der Waals surface area (Å²) < 4.78 is 32.8. The van der Waals surface area contributed by atoms with E-state index in [0.717, 1.165) is 4.47 Å². The zero-order chi connectivity index (χ0) is 19.4. The lowest BCUT2D eigenvalue weighted by Gasteiger charge is -2.34. The third-order valence-electron chi connectivity index (χ3n) is 4.34. The quantitative estimate of drug-likeness (QED) is 0.771. The van der Waals surface area contributed by atoms with Crippen LogP contribution in [0.3, 0.4) is 0 Å². The minimum Gasteiger partial charge on any atom is -0.497 e. The maximum Gasteiger partial charge on any atom is 0.321 e. The molecule has 2 aromatic carbocycles. The molecule has 1 aliphatic heterocycles. The van der Waals surface area contributed by atoms with Crippen LogP contribution in [-0.4, -0.2) is 56.9 Å². The molecule has 1 fully saturated rings. The molecule has 27 heavy (non-hydrogen) atoms. The molecule has 0 saturated carbocycles. The number of hydrogen-bond acceptors (Lipinski definition) is 4. The Balaban J connectivity index is 1.62. The van der Waals surface area contributed by atoms with E-state index in [0.29, 0.717) is 24.5 Å². The van der Waals surface area contributed by atoms with Crippen LogP contribution in [0.1, 0.15) is 0 Å². The summed E-state index contributed by atoms with van der Waals surface area (Å²) in [4.78, 5) is 14.3. The van der Waals surface area contributed by atoms with Gasteiger partial charge < -0.3 is 15.0 Å². The van der Waals surface area contributed by atoms with Crippen molar-refractivity contribution in [2.45, 2.75) is 4.90 Å². The molecule has 144 valence electrons. The number of rotatable bonds is 4. The Kier molecular flexibility index (Phi) is 6.03. The van der Waals surface area contributed by atoms with Crippen molar-refractivity contribution >= 4 is 37.7 Å². The van der Waals surface area contributed by atoms with Crippen molar-refractivity contribution in [1.82, 2.24) is 9.21 Å².